The Kier molecular flexibility index (Phi) is 6.92. The summed E-state index contributed by atoms with van der Waals surface area (Å²) in [5.41, 5.74) is 0.263. The van der Waals surface area contributed by atoms with Crippen LogP contribution in [0.2, 0.25) is 0 Å². The lowest BCUT2D eigenvalue weighted by atomic mass is 10.2. The molecule has 0 heterocycles. The van der Waals surface area contributed by atoms with Crippen LogP contribution in [0.5, 0.6) is 5.75 Å². The minimum absolute atomic E-state index is 0.0791. The summed E-state index contributed by atoms with van der Waals surface area (Å²) in [7, 11) is 1.31. The highest BCUT2D eigenvalue weighted by Gasteiger charge is 2.16. The number of hydrogen-bond donors (Lipinski definition) is 1. The fourth-order valence-corrected chi connectivity index (χ4v) is 2.15. The lowest BCUT2D eigenvalue weighted by Gasteiger charge is -2.19. The largest absolute Gasteiger partial charge is 0.481 e. The molecule has 0 atom stereocenters. The summed E-state index contributed by atoms with van der Waals surface area (Å²) >= 11 is 2.09. The van der Waals surface area contributed by atoms with Gasteiger partial charge in [0.1, 0.15) is 17.9 Å². The highest BCUT2D eigenvalue weighted by atomic mass is 127. The SMILES string of the molecule is COC(=O)COc1ccc(NCC(=O)OC(C)(C)C)cc1I. The minimum atomic E-state index is -0.501. The first-order valence-electron chi connectivity index (χ1n) is 6.66. The molecule has 1 N–H and O–H groups in total. The standard InChI is InChI=1S/C15H20INO5/c1-15(2,3)22-13(18)8-17-10-5-6-12(11(16)7-10)21-9-14(19)20-4/h5-7,17H,8-9H2,1-4H3. The molecule has 0 spiro atoms. The Balaban J connectivity index is 2.55. The zero-order valence-corrected chi connectivity index (χ0v) is 15.2. The van der Waals surface area contributed by atoms with Crippen LogP contribution >= 0.6 is 22.6 Å². The summed E-state index contributed by atoms with van der Waals surface area (Å²) < 4.78 is 15.9. The van der Waals surface area contributed by atoms with Gasteiger partial charge in [-0.25, -0.2) is 4.79 Å². The molecule has 0 aliphatic carbocycles. The molecule has 0 aliphatic heterocycles. The van der Waals surface area contributed by atoms with Crippen LogP contribution in [-0.4, -0.2) is 37.8 Å². The van der Waals surface area contributed by atoms with E-state index in [2.05, 4.69) is 32.6 Å². The van der Waals surface area contributed by atoms with E-state index in [-0.39, 0.29) is 19.1 Å². The van der Waals surface area contributed by atoms with Crippen molar-refractivity contribution in [2.75, 3.05) is 25.6 Å². The number of esters is 2. The van der Waals surface area contributed by atoms with Crippen molar-refractivity contribution in [3.05, 3.63) is 21.8 Å². The van der Waals surface area contributed by atoms with Crippen molar-refractivity contribution in [3.8, 4) is 5.75 Å². The molecule has 0 fully saturated rings. The van der Waals surface area contributed by atoms with E-state index in [1.54, 1.807) is 12.1 Å². The summed E-state index contributed by atoms with van der Waals surface area (Å²) in [5, 5.41) is 2.98. The van der Waals surface area contributed by atoms with Gasteiger partial charge < -0.3 is 19.5 Å². The van der Waals surface area contributed by atoms with Crippen LogP contribution in [0.4, 0.5) is 5.69 Å². The first-order valence-corrected chi connectivity index (χ1v) is 7.74. The first kappa shape index (κ1) is 18.5. The van der Waals surface area contributed by atoms with Crippen LogP contribution in [0.15, 0.2) is 18.2 Å². The molecule has 1 aromatic rings. The Labute approximate surface area is 143 Å². The Morgan fingerprint density at radius 3 is 2.45 bits per heavy atom. The number of carbonyl (C=O) groups is 2. The smallest absolute Gasteiger partial charge is 0.343 e. The van der Waals surface area contributed by atoms with E-state index >= 15 is 0 Å². The van der Waals surface area contributed by atoms with Crippen LogP contribution in [0, 0.1) is 3.57 Å². The molecule has 7 heteroatoms. The molecule has 0 unspecified atom stereocenters. The van der Waals surface area contributed by atoms with Gasteiger partial charge in [-0.2, -0.15) is 0 Å². The van der Waals surface area contributed by atoms with Gasteiger partial charge in [0, 0.05) is 5.69 Å². The normalized spacial score (nSPS) is 10.8. The van der Waals surface area contributed by atoms with Crippen LogP contribution in [0.1, 0.15) is 20.8 Å². The molecule has 0 saturated carbocycles. The van der Waals surface area contributed by atoms with Crippen molar-refractivity contribution < 1.29 is 23.8 Å². The number of halogens is 1. The molecule has 0 aromatic heterocycles. The van der Waals surface area contributed by atoms with Gasteiger partial charge in [-0.3, -0.25) is 4.79 Å². The number of methoxy groups -OCH3 is 1. The van der Waals surface area contributed by atoms with Crippen LogP contribution in [0.25, 0.3) is 0 Å². The van der Waals surface area contributed by atoms with Crippen molar-refractivity contribution in [3.63, 3.8) is 0 Å². The highest BCUT2D eigenvalue weighted by Crippen LogP contribution is 2.24. The van der Waals surface area contributed by atoms with Gasteiger partial charge in [-0.1, -0.05) is 0 Å². The summed E-state index contributed by atoms with van der Waals surface area (Å²) in [4.78, 5) is 22.7. The monoisotopic (exact) mass is 421 g/mol. The zero-order chi connectivity index (χ0) is 16.8. The van der Waals surface area contributed by atoms with Gasteiger partial charge in [-0.15, -0.1) is 0 Å². The maximum Gasteiger partial charge on any atom is 0.343 e. The summed E-state index contributed by atoms with van der Waals surface area (Å²) in [5.74, 6) is -0.190. The molecule has 0 saturated heterocycles. The van der Waals surface area contributed by atoms with Crippen LogP contribution in [0.3, 0.4) is 0 Å². The number of anilines is 1. The lowest BCUT2D eigenvalue weighted by molar-refractivity contribution is -0.152. The van der Waals surface area contributed by atoms with Crippen molar-refractivity contribution in [1.82, 2.24) is 0 Å². The third kappa shape index (κ3) is 6.97. The van der Waals surface area contributed by atoms with Crippen molar-refractivity contribution in [2.24, 2.45) is 0 Å². The average Bonchev–Trinajstić information content (AvgIpc) is 2.41. The number of carbonyl (C=O) groups excluding carboxylic acids is 2. The van der Waals surface area contributed by atoms with E-state index in [0.29, 0.717) is 5.75 Å². The van der Waals surface area contributed by atoms with Crippen molar-refractivity contribution >= 4 is 40.2 Å². The second-order valence-corrected chi connectivity index (χ2v) is 6.61. The summed E-state index contributed by atoms with van der Waals surface area (Å²) in [6.07, 6.45) is 0. The van der Waals surface area contributed by atoms with Gasteiger partial charge in [0.2, 0.25) is 0 Å². The second-order valence-electron chi connectivity index (χ2n) is 5.45. The third-order valence-electron chi connectivity index (χ3n) is 2.36. The molecule has 0 amide bonds. The van der Waals surface area contributed by atoms with Crippen LogP contribution in [-0.2, 0) is 19.1 Å². The number of hydrogen-bond acceptors (Lipinski definition) is 6. The predicted octanol–water partition coefficient (Wildman–Crippen LogP) is 2.60. The Morgan fingerprint density at radius 1 is 1.23 bits per heavy atom. The van der Waals surface area contributed by atoms with E-state index < -0.39 is 11.6 Å². The highest BCUT2D eigenvalue weighted by molar-refractivity contribution is 14.1. The molecular formula is C15H20INO5. The van der Waals surface area contributed by atoms with Gasteiger partial charge in [-0.05, 0) is 61.6 Å². The van der Waals surface area contributed by atoms with Gasteiger partial charge in [0.05, 0.1) is 10.7 Å². The third-order valence-corrected chi connectivity index (χ3v) is 3.20. The number of rotatable bonds is 6. The molecule has 1 aromatic carbocycles. The van der Waals surface area contributed by atoms with Gasteiger partial charge >= 0.3 is 11.9 Å². The van der Waals surface area contributed by atoms with Crippen molar-refractivity contribution in [2.45, 2.75) is 26.4 Å². The number of ether oxygens (including phenoxy) is 3. The van der Waals surface area contributed by atoms with Gasteiger partial charge in [0.15, 0.2) is 6.61 Å². The molecule has 0 bridgehead atoms. The molecule has 6 nitrogen and oxygen atoms in total. The van der Waals surface area contributed by atoms with E-state index in [9.17, 15) is 9.59 Å². The fourth-order valence-electron chi connectivity index (χ4n) is 1.48. The van der Waals surface area contributed by atoms with E-state index in [1.807, 2.05) is 26.8 Å². The van der Waals surface area contributed by atoms with Crippen molar-refractivity contribution in [1.29, 1.82) is 0 Å². The second kappa shape index (κ2) is 8.21. The zero-order valence-electron chi connectivity index (χ0n) is 13.1. The molecule has 0 aliphatic rings. The predicted molar refractivity (Wildman–Crippen MR) is 91.0 cm³/mol. The summed E-state index contributed by atoms with van der Waals surface area (Å²) in [6, 6.07) is 5.30. The molecule has 22 heavy (non-hydrogen) atoms. The minimum Gasteiger partial charge on any atom is -0.481 e. The summed E-state index contributed by atoms with van der Waals surface area (Å²) in [6.45, 7) is 5.40. The fraction of sp³-hybridized carbons (Fsp3) is 0.467. The Morgan fingerprint density at radius 2 is 1.91 bits per heavy atom. The maximum absolute atomic E-state index is 11.6. The van der Waals surface area contributed by atoms with E-state index in [4.69, 9.17) is 9.47 Å². The molecule has 0 radical (unpaired) electrons. The first-order chi connectivity index (χ1) is 10.2. The van der Waals surface area contributed by atoms with Gasteiger partial charge in [0.25, 0.3) is 0 Å². The molecule has 1 rings (SSSR count). The topological polar surface area (TPSA) is 73.9 Å². The van der Waals surface area contributed by atoms with Crippen LogP contribution < -0.4 is 10.1 Å². The van der Waals surface area contributed by atoms with E-state index in [1.165, 1.54) is 7.11 Å². The molecule has 122 valence electrons. The number of benzene rings is 1. The Bertz CT molecular complexity index is 539. The Hall–Kier alpha value is -1.51. The quantitative estimate of drug-likeness (QED) is 0.563. The average molecular weight is 421 g/mol. The maximum atomic E-state index is 11.6. The lowest BCUT2D eigenvalue weighted by Crippen LogP contribution is -2.28. The number of nitrogens with one attached hydrogen (secondary N) is 1. The molecular weight excluding hydrogens is 401 g/mol. The van der Waals surface area contributed by atoms with E-state index in [0.717, 1.165) is 9.26 Å².